The van der Waals surface area contributed by atoms with Crippen molar-refractivity contribution in [2.75, 3.05) is 0 Å². The van der Waals surface area contributed by atoms with E-state index in [1.54, 1.807) is 0 Å². The summed E-state index contributed by atoms with van der Waals surface area (Å²) in [5, 5.41) is 0. The lowest BCUT2D eigenvalue weighted by Crippen LogP contribution is -2.18. The van der Waals surface area contributed by atoms with E-state index >= 15 is 0 Å². The van der Waals surface area contributed by atoms with E-state index in [4.69, 9.17) is 0 Å². The van der Waals surface area contributed by atoms with Crippen LogP contribution in [-0.4, -0.2) is 4.98 Å². The minimum Gasteiger partial charge on any atom is -0.257 e. The van der Waals surface area contributed by atoms with Crippen molar-refractivity contribution >= 4 is 6.08 Å². The molecule has 0 aliphatic rings. The van der Waals surface area contributed by atoms with Crippen LogP contribution in [0.2, 0.25) is 0 Å². The SMILES string of the molecule is C/C(=C\c1ccccn1)[C@H](C)C(C)(C)C. The smallest absolute Gasteiger partial charge is 0.0629 e. The summed E-state index contributed by atoms with van der Waals surface area (Å²) < 4.78 is 0. The third-order valence-electron chi connectivity index (χ3n) is 3.05. The molecule has 0 saturated carbocycles. The Morgan fingerprint density at radius 3 is 2.47 bits per heavy atom. The van der Waals surface area contributed by atoms with Gasteiger partial charge in [-0.1, -0.05) is 39.3 Å². The summed E-state index contributed by atoms with van der Waals surface area (Å²) in [4.78, 5) is 4.31. The maximum atomic E-state index is 4.31. The van der Waals surface area contributed by atoms with Gasteiger partial charge >= 0.3 is 0 Å². The summed E-state index contributed by atoms with van der Waals surface area (Å²) in [7, 11) is 0. The largest absolute Gasteiger partial charge is 0.257 e. The standard InChI is InChI=1S/C14H21N/c1-11(12(2)14(3,4)5)10-13-8-6-7-9-15-13/h6-10,12H,1-5H3/b11-10+/t12-/m0/s1. The Kier molecular flexibility index (Phi) is 3.67. The monoisotopic (exact) mass is 203 g/mol. The van der Waals surface area contributed by atoms with Gasteiger partial charge in [0.25, 0.3) is 0 Å². The topological polar surface area (TPSA) is 12.9 Å². The van der Waals surface area contributed by atoms with Gasteiger partial charge in [0.05, 0.1) is 5.69 Å². The van der Waals surface area contributed by atoms with Crippen molar-refractivity contribution in [3.63, 3.8) is 0 Å². The molecule has 0 unspecified atom stereocenters. The summed E-state index contributed by atoms with van der Waals surface area (Å²) in [5.41, 5.74) is 2.75. The molecule has 0 bridgehead atoms. The molecule has 15 heavy (non-hydrogen) atoms. The molecule has 0 N–H and O–H groups in total. The second-order valence-corrected chi connectivity index (χ2v) is 5.23. The van der Waals surface area contributed by atoms with Gasteiger partial charge in [0.2, 0.25) is 0 Å². The molecular formula is C14H21N. The van der Waals surface area contributed by atoms with Crippen LogP contribution in [-0.2, 0) is 0 Å². The average Bonchev–Trinajstić information content (AvgIpc) is 2.16. The van der Waals surface area contributed by atoms with Crippen LogP contribution in [0.3, 0.4) is 0 Å². The summed E-state index contributed by atoms with van der Waals surface area (Å²) >= 11 is 0. The van der Waals surface area contributed by atoms with Gasteiger partial charge in [0.15, 0.2) is 0 Å². The highest BCUT2D eigenvalue weighted by Crippen LogP contribution is 2.31. The van der Waals surface area contributed by atoms with Gasteiger partial charge in [-0.2, -0.15) is 0 Å². The summed E-state index contributed by atoms with van der Waals surface area (Å²) in [5.74, 6) is 0.569. The second-order valence-electron chi connectivity index (χ2n) is 5.23. The zero-order chi connectivity index (χ0) is 11.5. The minimum absolute atomic E-state index is 0.315. The van der Waals surface area contributed by atoms with Crippen molar-refractivity contribution < 1.29 is 0 Å². The maximum Gasteiger partial charge on any atom is 0.0629 e. The molecule has 1 nitrogen and oxygen atoms in total. The Morgan fingerprint density at radius 1 is 1.33 bits per heavy atom. The van der Waals surface area contributed by atoms with Crippen LogP contribution in [0.25, 0.3) is 6.08 Å². The molecule has 1 aromatic heterocycles. The molecule has 82 valence electrons. The molecule has 0 spiro atoms. The Balaban J connectivity index is 2.86. The van der Waals surface area contributed by atoms with Gasteiger partial charge in [-0.25, -0.2) is 0 Å². The van der Waals surface area contributed by atoms with Gasteiger partial charge in [-0.15, -0.1) is 0 Å². The van der Waals surface area contributed by atoms with Crippen molar-refractivity contribution in [3.05, 3.63) is 35.7 Å². The fourth-order valence-electron chi connectivity index (χ4n) is 1.50. The molecule has 0 aromatic carbocycles. The Bertz CT molecular complexity index is 330. The first-order valence-corrected chi connectivity index (χ1v) is 5.50. The predicted molar refractivity (Wildman–Crippen MR) is 66.5 cm³/mol. The average molecular weight is 203 g/mol. The van der Waals surface area contributed by atoms with E-state index in [1.165, 1.54) is 5.57 Å². The summed E-state index contributed by atoms with van der Waals surface area (Å²) in [6, 6.07) is 6.01. The number of pyridine rings is 1. The van der Waals surface area contributed by atoms with Crippen LogP contribution < -0.4 is 0 Å². The van der Waals surface area contributed by atoms with E-state index in [0.717, 1.165) is 5.69 Å². The van der Waals surface area contributed by atoms with E-state index < -0.39 is 0 Å². The van der Waals surface area contributed by atoms with Crippen LogP contribution in [0, 0.1) is 11.3 Å². The second kappa shape index (κ2) is 4.61. The predicted octanol–water partition coefficient (Wildman–Crippen LogP) is 4.17. The first-order chi connectivity index (χ1) is 6.91. The van der Waals surface area contributed by atoms with Crippen molar-refractivity contribution in [3.8, 4) is 0 Å². The van der Waals surface area contributed by atoms with Gasteiger partial charge in [-0.05, 0) is 36.5 Å². The quantitative estimate of drug-likeness (QED) is 0.703. The maximum absolute atomic E-state index is 4.31. The minimum atomic E-state index is 0.315. The molecule has 1 heterocycles. The molecule has 1 heteroatoms. The van der Waals surface area contributed by atoms with Crippen LogP contribution in [0.15, 0.2) is 30.0 Å². The molecule has 1 rings (SSSR count). The van der Waals surface area contributed by atoms with E-state index in [2.05, 4.69) is 45.7 Å². The highest BCUT2D eigenvalue weighted by atomic mass is 14.6. The highest BCUT2D eigenvalue weighted by Gasteiger charge is 2.21. The van der Waals surface area contributed by atoms with Crippen molar-refractivity contribution in [2.45, 2.75) is 34.6 Å². The number of nitrogens with zero attached hydrogens (tertiary/aromatic N) is 1. The third kappa shape index (κ3) is 3.50. The fraction of sp³-hybridized carbons (Fsp3) is 0.500. The van der Waals surface area contributed by atoms with Crippen LogP contribution >= 0.6 is 0 Å². The third-order valence-corrected chi connectivity index (χ3v) is 3.05. The number of allylic oxidation sites excluding steroid dienone is 1. The van der Waals surface area contributed by atoms with Crippen molar-refractivity contribution in [1.29, 1.82) is 0 Å². The normalized spacial score (nSPS) is 15.1. The molecule has 0 aliphatic heterocycles. The molecule has 1 atom stereocenters. The lowest BCUT2D eigenvalue weighted by atomic mass is 9.78. The van der Waals surface area contributed by atoms with Crippen LogP contribution in [0.4, 0.5) is 0 Å². The first kappa shape index (κ1) is 12.0. The molecule has 1 aromatic rings. The van der Waals surface area contributed by atoms with E-state index in [0.29, 0.717) is 11.3 Å². The van der Waals surface area contributed by atoms with E-state index in [9.17, 15) is 0 Å². The Labute approximate surface area is 93.2 Å². The van der Waals surface area contributed by atoms with E-state index in [-0.39, 0.29) is 0 Å². The van der Waals surface area contributed by atoms with Crippen molar-refractivity contribution in [1.82, 2.24) is 4.98 Å². The number of aromatic nitrogens is 1. The molecule has 0 fully saturated rings. The van der Waals surface area contributed by atoms with Gasteiger partial charge < -0.3 is 0 Å². The number of hydrogen-bond acceptors (Lipinski definition) is 1. The van der Waals surface area contributed by atoms with Gasteiger partial charge in [-0.3, -0.25) is 4.98 Å². The van der Waals surface area contributed by atoms with Gasteiger partial charge in [0, 0.05) is 6.20 Å². The highest BCUT2D eigenvalue weighted by molar-refractivity contribution is 5.48. The molecule has 0 radical (unpaired) electrons. The fourth-order valence-corrected chi connectivity index (χ4v) is 1.50. The molecule has 0 saturated heterocycles. The Morgan fingerprint density at radius 2 is 2.00 bits per heavy atom. The molecular weight excluding hydrogens is 182 g/mol. The van der Waals surface area contributed by atoms with Gasteiger partial charge in [0.1, 0.15) is 0 Å². The molecule has 0 amide bonds. The number of rotatable bonds is 2. The van der Waals surface area contributed by atoms with E-state index in [1.807, 2.05) is 24.4 Å². The lowest BCUT2D eigenvalue weighted by Gasteiger charge is -2.28. The van der Waals surface area contributed by atoms with Crippen molar-refractivity contribution in [2.24, 2.45) is 11.3 Å². The zero-order valence-corrected chi connectivity index (χ0v) is 10.4. The number of hydrogen-bond donors (Lipinski definition) is 0. The lowest BCUT2D eigenvalue weighted by molar-refractivity contribution is 0.302. The Hall–Kier alpha value is -1.11. The molecule has 0 aliphatic carbocycles. The summed E-state index contributed by atoms with van der Waals surface area (Å²) in [6.07, 6.45) is 4.01. The zero-order valence-electron chi connectivity index (χ0n) is 10.4. The summed E-state index contributed by atoms with van der Waals surface area (Å²) in [6.45, 7) is 11.3. The van der Waals surface area contributed by atoms with Crippen LogP contribution in [0.1, 0.15) is 40.3 Å². The first-order valence-electron chi connectivity index (χ1n) is 5.50. The van der Waals surface area contributed by atoms with Crippen LogP contribution in [0.5, 0.6) is 0 Å².